The maximum absolute atomic E-state index is 13.3. The van der Waals surface area contributed by atoms with Crippen LogP contribution >= 0.6 is 0 Å². The van der Waals surface area contributed by atoms with Gasteiger partial charge in [-0.05, 0) is 38.5 Å². The highest BCUT2D eigenvalue weighted by molar-refractivity contribution is 6.04. The SMILES string of the molecule is COC(=O)c1ccc2c(n1)N(C(=O)Nc1cc(OC[C@@H]3COC(C)(C)O3)ccn1)[C@H]1CCN2C1. The fourth-order valence-electron chi connectivity index (χ4n) is 4.46. The monoisotopic (exact) mass is 469 g/mol. The number of carbonyl (C=O) groups excluding carboxylic acids is 2. The molecule has 0 radical (unpaired) electrons. The van der Waals surface area contributed by atoms with Crippen molar-refractivity contribution >= 4 is 29.3 Å². The van der Waals surface area contributed by atoms with E-state index >= 15 is 0 Å². The Bertz CT molecular complexity index is 1110. The summed E-state index contributed by atoms with van der Waals surface area (Å²) in [4.78, 5) is 37.8. The number of pyridine rings is 2. The van der Waals surface area contributed by atoms with Crippen molar-refractivity contribution < 1.29 is 28.5 Å². The molecule has 34 heavy (non-hydrogen) atoms. The van der Waals surface area contributed by atoms with Gasteiger partial charge in [-0.25, -0.2) is 19.6 Å². The number of aromatic nitrogens is 2. The van der Waals surface area contributed by atoms with Gasteiger partial charge in [-0.2, -0.15) is 0 Å². The third-order valence-electron chi connectivity index (χ3n) is 6.03. The molecule has 0 saturated carbocycles. The van der Waals surface area contributed by atoms with Gasteiger partial charge < -0.3 is 23.8 Å². The maximum Gasteiger partial charge on any atom is 0.356 e. The van der Waals surface area contributed by atoms with Gasteiger partial charge >= 0.3 is 12.0 Å². The van der Waals surface area contributed by atoms with Gasteiger partial charge in [-0.1, -0.05) is 0 Å². The molecule has 3 aliphatic heterocycles. The predicted molar refractivity (Wildman–Crippen MR) is 122 cm³/mol. The number of urea groups is 1. The number of fused-ring (bicyclic) bond motifs is 4. The second kappa shape index (κ2) is 8.73. The van der Waals surface area contributed by atoms with Crippen LogP contribution in [0.1, 0.15) is 30.8 Å². The molecular weight excluding hydrogens is 442 g/mol. The quantitative estimate of drug-likeness (QED) is 0.659. The highest BCUT2D eigenvalue weighted by Gasteiger charge is 2.40. The standard InChI is InChI=1S/C23H27N5O6/c1-23(2)33-13-16(34-23)12-32-15-6-8-24-19(10-15)26-22(30)28-14-7-9-27(11-14)18-5-4-17(21(29)31-3)25-20(18)28/h4-6,8,10,14,16H,7,9,11-13H2,1-3H3,(H,24,26,30)/t14-,16+/m0/s1. The van der Waals surface area contributed by atoms with E-state index in [1.54, 1.807) is 35.4 Å². The third kappa shape index (κ3) is 4.36. The Hall–Kier alpha value is -3.44. The summed E-state index contributed by atoms with van der Waals surface area (Å²) in [5.41, 5.74) is 0.958. The summed E-state index contributed by atoms with van der Waals surface area (Å²) in [6, 6.07) is 6.35. The van der Waals surface area contributed by atoms with Crippen molar-refractivity contribution in [1.29, 1.82) is 0 Å². The second-order valence-corrected chi connectivity index (χ2v) is 8.86. The van der Waals surface area contributed by atoms with Crippen LogP contribution in [-0.4, -0.2) is 73.3 Å². The van der Waals surface area contributed by atoms with E-state index in [4.69, 9.17) is 18.9 Å². The van der Waals surface area contributed by atoms with Crippen LogP contribution in [0.25, 0.3) is 0 Å². The van der Waals surface area contributed by atoms with Gasteiger partial charge in [0.15, 0.2) is 17.3 Å². The largest absolute Gasteiger partial charge is 0.491 e. The molecule has 0 unspecified atom stereocenters. The first-order chi connectivity index (χ1) is 16.3. The van der Waals surface area contributed by atoms with E-state index in [0.717, 1.165) is 18.7 Å². The molecule has 2 fully saturated rings. The van der Waals surface area contributed by atoms with Crippen molar-refractivity contribution in [2.45, 2.75) is 38.2 Å². The fourth-order valence-corrected chi connectivity index (χ4v) is 4.46. The van der Waals surface area contributed by atoms with Crippen molar-refractivity contribution in [2.24, 2.45) is 0 Å². The van der Waals surface area contributed by atoms with Crippen molar-refractivity contribution in [3.63, 3.8) is 0 Å². The second-order valence-electron chi connectivity index (χ2n) is 8.86. The molecule has 2 atom stereocenters. The number of carbonyl (C=O) groups is 2. The fraction of sp³-hybridized carbons (Fsp3) is 0.478. The molecule has 2 bridgehead atoms. The minimum absolute atomic E-state index is 0.0600. The number of hydrogen-bond acceptors (Lipinski definition) is 9. The van der Waals surface area contributed by atoms with Gasteiger partial charge in [0.2, 0.25) is 0 Å². The predicted octanol–water partition coefficient (Wildman–Crippen LogP) is 2.42. The molecular formula is C23H27N5O6. The molecule has 180 valence electrons. The smallest absolute Gasteiger partial charge is 0.356 e. The summed E-state index contributed by atoms with van der Waals surface area (Å²) in [6.45, 7) is 6.01. The first kappa shape index (κ1) is 22.4. The molecule has 3 aliphatic rings. The summed E-state index contributed by atoms with van der Waals surface area (Å²) >= 11 is 0. The van der Waals surface area contributed by atoms with Crippen LogP contribution in [0.5, 0.6) is 5.75 Å². The van der Waals surface area contributed by atoms with E-state index in [1.165, 1.54) is 7.11 Å². The Morgan fingerprint density at radius 2 is 2.15 bits per heavy atom. The molecule has 5 heterocycles. The lowest BCUT2D eigenvalue weighted by molar-refractivity contribution is -0.141. The van der Waals surface area contributed by atoms with Crippen LogP contribution in [0, 0.1) is 0 Å². The summed E-state index contributed by atoms with van der Waals surface area (Å²) in [5, 5.41) is 2.84. The maximum atomic E-state index is 13.3. The molecule has 0 aromatic carbocycles. The average molecular weight is 469 g/mol. The van der Waals surface area contributed by atoms with Gasteiger partial charge in [-0.3, -0.25) is 10.2 Å². The van der Waals surface area contributed by atoms with Crippen LogP contribution < -0.4 is 19.9 Å². The van der Waals surface area contributed by atoms with Gasteiger partial charge in [0.1, 0.15) is 24.3 Å². The molecule has 2 saturated heterocycles. The lowest BCUT2D eigenvalue weighted by Gasteiger charge is -2.35. The number of hydrogen-bond donors (Lipinski definition) is 1. The Morgan fingerprint density at radius 1 is 1.29 bits per heavy atom. The zero-order chi connectivity index (χ0) is 23.9. The topological polar surface area (TPSA) is 115 Å². The number of nitrogens with zero attached hydrogens (tertiary/aromatic N) is 4. The molecule has 0 aliphatic carbocycles. The normalized spacial score (nSPS) is 22.3. The Balaban J connectivity index is 1.31. The van der Waals surface area contributed by atoms with Gasteiger partial charge in [0.25, 0.3) is 0 Å². The van der Waals surface area contributed by atoms with Crippen LogP contribution in [0.2, 0.25) is 0 Å². The molecule has 11 heteroatoms. The van der Waals surface area contributed by atoms with Crippen LogP contribution in [-0.2, 0) is 14.2 Å². The number of methoxy groups -OCH3 is 1. The number of anilines is 3. The van der Waals surface area contributed by atoms with Crippen LogP contribution in [0.15, 0.2) is 30.5 Å². The average Bonchev–Trinajstić information content (AvgIpc) is 3.40. The number of amides is 2. The zero-order valence-corrected chi connectivity index (χ0v) is 19.3. The molecule has 2 aromatic rings. The Morgan fingerprint density at radius 3 is 2.91 bits per heavy atom. The number of esters is 1. The summed E-state index contributed by atoms with van der Waals surface area (Å²) in [5.74, 6) is 0.159. The summed E-state index contributed by atoms with van der Waals surface area (Å²) in [6.07, 6.45) is 2.19. The highest BCUT2D eigenvalue weighted by Crippen LogP contribution is 2.39. The van der Waals surface area contributed by atoms with E-state index in [9.17, 15) is 9.59 Å². The van der Waals surface area contributed by atoms with E-state index in [0.29, 0.717) is 37.1 Å². The molecule has 11 nitrogen and oxygen atoms in total. The van der Waals surface area contributed by atoms with Gasteiger partial charge in [0, 0.05) is 25.4 Å². The summed E-state index contributed by atoms with van der Waals surface area (Å²) < 4.78 is 21.9. The van der Waals surface area contributed by atoms with E-state index in [-0.39, 0.29) is 23.9 Å². The zero-order valence-electron chi connectivity index (χ0n) is 19.3. The Kier molecular flexibility index (Phi) is 5.74. The molecule has 1 N–H and O–H groups in total. The molecule has 2 amide bonds. The van der Waals surface area contributed by atoms with Crippen molar-refractivity contribution in [3.8, 4) is 5.75 Å². The molecule has 2 aromatic heterocycles. The van der Waals surface area contributed by atoms with Crippen molar-refractivity contribution in [3.05, 3.63) is 36.2 Å². The first-order valence-corrected chi connectivity index (χ1v) is 11.2. The minimum Gasteiger partial charge on any atom is -0.491 e. The van der Waals surface area contributed by atoms with E-state index in [2.05, 4.69) is 20.2 Å². The number of ether oxygens (including phenoxy) is 4. The van der Waals surface area contributed by atoms with Crippen LogP contribution in [0.4, 0.5) is 22.1 Å². The molecule has 5 rings (SSSR count). The summed E-state index contributed by atoms with van der Waals surface area (Å²) in [7, 11) is 1.30. The Labute approximate surface area is 197 Å². The lowest BCUT2D eigenvalue weighted by Crippen LogP contribution is -2.48. The molecule has 0 spiro atoms. The lowest BCUT2D eigenvalue weighted by atomic mass is 10.2. The first-order valence-electron chi connectivity index (χ1n) is 11.2. The van der Waals surface area contributed by atoms with Crippen molar-refractivity contribution in [1.82, 2.24) is 9.97 Å². The number of nitrogens with one attached hydrogen (secondary N) is 1. The van der Waals surface area contributed by atoms with Gasteiger partial charge in [0.05, 0.1) is 25.4 Å². The van der Waals surface area contributed by atoms with Crippen molar-refractivity contribution in [2.75, 3.05) is 48.5 Å². The minimum atomic E-state index is -0.617. The number of rotatable bonds is 5. The van der Waals surface area contributed by atoms with Crippen LogP contribution in [0.3, 0.4) is 0 Å². The highest BCUT2D eigenvalue weighted by atomic mass is 16.7. The van der Waals surface area contributed by atoms with E-state index < -0.39 is 11.8 Å². The van der Waals surface area contributed by atoms with Gasteiger partial charge in [-0.15, -0.1) is 0 Å². The third-order valence-corrected chi connectivity index (χ3v) is 6.03. The van der Waals surface area contributed by atoms with E-state index in [1.807, 2.05) is 13.8 Å².